The normalized spacial score (nSPS) is 17.1. The molecule has 19 heavy (non-hydrogen) atoms. The molecule has 0 saturated heterocycles. The Morgan fingerprint density at radius 1 is 1.37 bits per heavy atom. The van der Waals surface area contributed by atoms with Crippen LogP contribution in [0.25, 0.3) is 0 Å². The van der Waals surface area contributed by atoms with Gasteiger partial charge in [-0.1, -0.05) is 6.92 Å². The van der Waals surface area contributed by atoms with E-state index in [0.717, 1.165) is 16.9 Å². The average Bonchev–Trinajstić information content (AvgIpc) is 2.37. The van der Waals surface area contributed by atoms with Gasteiger partial charge in [0.25, 0.3) is 0 Å². The van der Waals surface area contributed by atoms with E-state index in [9.17, 15) is 9.59 Å². The van der Waals surface area contributed by atoms with Gasteiger partial charge in [0.2, 0.25) is 11.8 Å². The van der Waals surface area contributed by atoms with Crippen molar-refractivity contribution in [2.75, 3.05) is 10.6 Å². The van der Waals surface area contributed by atoms with Crippen LogP contribution in [0.4, 0.5) is 11.4 Å². The molecule has 2 rings (SSSR count). The van der Waals surface area contributed by atoms with Crippen molar-refractivity contribution in [3.8, 4) is 0 Å². The van der Waals surface area contributed by atoms with Gasteiger partial charge in [0.1, 0.15) is 0 Å². The monoisotopic (exact) mass is 261 g/mol. The highest BCUT2D eigenvalue weighted by Crippen LogP contribution is 2.25. The smallest absolute Gasteiger partial charge is 0.228 e. The van der Waals surface area contributed by atoms with Gasteiger partial charge >= 0.3 is 0 Å². The Bertz CT molecular complexity index is 511. The first-order chi connectivity index (χ1) is 8.97. The highest BCUT2D eigenvalue weighted by Gasteiger charge is 2.19. The summed E-state index contributed by atoms with van der Waals surface area (Å²) >= 11 is 0. The lowest BCUT2D eigenvalue weighted by Gasteiger charge is -2.19. The van der Waals surface area contributed by atoms with Crippen LogP contribution in [0.1, 0.15) is 25.8 Å². The van der Waals surface area contributed by atoms with E-state index in [4.69, 9.17) is 5.73 Å². The van der Waals surface area contributed by atoms with Crippen LogP contribution in [0, 0.1) is 5.92 Å². The number of benzene rings is 1. The number of nitrogens with two attached hydrogens (primary N) is 1. The molecular weight excluding hydrogens is 242 g/mol. The van der Waals surface area contributed by atoms with Crippen molar-refractivity contribution in [3.05, 3.63) is 23.8 Å². The predicted octanol–water partition coefficient (Wildman–Crippen LogP) is 1.49. The Kier molecular flexibility index (Phi) is 3.85. The zero-order valence-corrected chi connectivity index (χ0v) is 11.2. The van der Waals surface area contributed by atoms with Crippen LogP contribution in [-0.4, -0.2) is 17.9 Å². The lowest BCUT2D eigenvalue weighted by atomic mass is 10.0. The van der Waals surface area contributed by atoms with Gasteiger partial charge in [0.15, 0.2) is 0 Å². The molecule has 1 aliphatic heterocycles. The van der Waals surface area contributed by atoms with Crippen molar-refractivity contribution in [3.63, 3.8) is 0 Å². The van der Waals surface area contributed by atoms with Crippen molar-refractivity contribution in [1.82, 2.24) is 0 Å². The molecule has 1 aliphatic rings. The van der Waals surface area contributed by atoms with Crippen LogP contribution in [0.5, 0.6) is 0 Å². The van der Waals surface area contributed by atoms with Gasteiger partial charge in [-0.2, -0.15) is 0 Å². The molecule has 2 atom stereocenters. The molecule has 2 unspecified atom stereocenters. The molecule has 0 saturated carbocycles. The van der Waals surface area contributed by atoms with Gasteiger partial charge in [-0.05, 0) is 37.1 Å². The topological polar surface area (TPSA) is 84.2 Å². The molecule has 5 heteroatoms. The number of nitrogens with one attached hydrogen (secondary N) is 2. The van der Waals surface area contributed by atoms with E-state index in [-0.39, 0.29) is 23.8 Å². The zero-order valence-electron chi connectivity index (χ0n) is 11.2. The van der Waals surface area contributed by atoms with E-state index in [1.54, 1.807) is 13.0 Å². The van der Waals surface area contributed by atoms with Gasteiger partial charge < -0.3 is 16.4 Å². The molecule has 1 aromatic carbocycles. The maximum atomic E-state index is 11.9. The Morgan fingerprint density at radius 3 is 2.79 bits per heavy atom. The second kappa shape index (κ2) is 5.40. The number of rotatable bonds is 3. The standard InChI is InChI=1S/C14H19N3O2/c1-8(9(2)15)14(19)16-11-4-5-12-10(7-11)3-6-13(18)17-12/h4-5,7-9H,3,6,15H2,1-2H3,(H,16,19)(H,17,18). The Balaban J connectivity index is 2.10. The fraction of sp³-hybridized carbons (Fsp3) is 0.429. The first kappa shape index (κ1) is 13.5. The molecular formula is C14H19N3O2. The van der Waals surface area contributed by atoms with E-state index in [2.05, 4.69) is 10.6 Å². The first-order valence-electron chi connectivity index (χ1n) is 6.46. The summed E-state index contributed by atoms with van der Waals surface area (Å²) in [6, 6.07) is 5.33. The maximum absolute atomic E-state index is 11.9. The quantitative estimate of drug-likeness (QED) is 0.770. The number of carbonyl (C=O) groups is 2. The molecule has 0 spiro atoms. The largest absolute Gasteiger partial charge is 0.327 e. The summed E-state index contributed by atoms with van der Waals surface area (Å²) in [6.07, 6.45) is 1.19. The molecule has 5 nitrogen and oxygen atoms in total. The molecule has 2 amide bonds. The van der Waals surface area contributed by atoms with Gasteiger partial charge in [-0.3, -0.25) is 9.59 Å². The molecule has 0 fully saturated rings. The second-order valence-corrected chi connectivity index (χ2v) is 5.06. The van der Waals surface area contributed by atoms with Crippen LogP contribution in [0.2, 0.25) is 0 Å². The molecule has 102 valence electrons. The van der Waals surface area contributed by atoms with E-state index in [0.29, 0.717) is 12.8 Å². The van der Waals surface area contributed by atoms with Crippen molar-refractivity contribution < 1.29 is 9.59 Å². The van der Waals surface area contributed by atoms with Crippen molar-refractivity contribution >= 4 is 23.2 Å². The summed E-state index contributed by atoms with van der Waals surface area (Å²) in [5.41, 5.74) is 8.33. The Morgan fingerprint density at radius 2 is 2.11 bits per heavy atom. The minimum Gasteiger partial charge on any atom is -0.327 e. The number of anilines is 2. The fourth-order valence-corrected chi connectivity index (χ4v) is 1.96. The summed E-state index contributed by atoms with van der Waals surface area (Å²) in [5, 5.41) is 5.66. The van der Waals surface area contributed by atoms with Crippen LogP contribution >= 0.6 is 0 Å². The predicted molar refractivity (Wildman–Crippen MR) is 74.8 cm³/mol. The number of carbonyl (C=O) groups excluding carboxylic acids is 2. The lowest BCUT2D eigenvalue weighted by Crippen LogP contribution is -2.34. The van der Waals surface area contributed by atoms with Crippen molar-refractivity contribution in [1.29, 1.82) is 0 Å². The van der Waals surface area contributed by atoms with Crippen LogP contribution in [0.15, 0.2) is 18.2 Å². The third-order valence-corrected chi connectivity index (χ3v) is 3.47. The highest BCUT2D eigenvalue weighted by atomic mass is 16.2. The number of aryl methyl sites for hydroxylation is 1. The van der Waals surface area contributed by atoms with Gasteiger partial charge in [-0.15, -0.1) is 0 Å². The third-order valence-electron chi connectivity index (χ3n) is 3.47. The minimum absolute atomic E-state index is 0.0369. The molecule has 0 radical (unpaired) electrons. The number of hydrogen-bond acceptors (Lipinski definition) is 3. The third kappa shape index (κ3) is 3.12. The molecule has 1 aromatic rings. The summed E-state index contributed by atoms with van der Waals surface area (Å²) in [6.45, 7) is 3.62. The van der Waals surface area contributed by atoms with Gasteiger partial charge in [0, 0.05) is 23.8 Å². The molecule has 0 bridgehead atoms. The van der Waals surface area contributed by atoms with Gasteiger partial charge in [0.05, 0.1) is 5.92 Å². The van der Waals surface area contributed by atoms with Crippen LogP contribution in [0.3, 0.4) is 0 Å². The SMILES string of the molecule is CC(N)C(C)C(=O)Nc1ccc2c(c1)CCC(=O)N2. The van der Waals surface area contributed by atoms with Crippen LogP contribution in [-0.2, 0) is 16.0 Å². The van der Waals surface area contributed by atoms with Crippen molar-refractivity contribution in [2.45, 2.75) is 32.7 Å². The van der Waals surface area contributed by atoms with E-state index < -0.39 is 0 Å². The van der Waals surface area contributed by atoms with Crippen molar-refractivity contribution in [2.24, 2.45) is 11.7 Å². The summed E-state index contributed by atoms with van der Waals surface area (Å²) in [7, 11) is 0. The lowest BCUT2D eigenvalue weighted by molar-refractivity contribution is -0.120. The number of fused-ring (bicyclic) bond motifs is 1. The summed E-state index contributed by atoms with van der Waals surface area (Å²) in [5.74, 6) is -0.291. The number of amides is 2. The average molecular weight is 261 g/mol. The van der Waals surface area contributed by atoms with E-state index in [1.165, 1.54) is 0 Å². The molecule has 0 aromatic heterocycles. The highest BCUT2D eigenvalue weighted by molar-refractivity contribution is 5.96. The maximum Gasteiger partial charge on any atom is 0.228 e. The first-order valence-corrected chi connectivity index (χ1v) is 6.46. The van der Waals surface area contributed by atoms with Crippen LogP contribution < -0.4 is 16.4 Å². The fourth-order valence-electron chi connectivity index (χ4n) is 1.96. The number of hydrogen-bond donors (Lipinski definition) is 3. The van der Waals surface area contributed by atoms with E-state index >= 15 is 0 Å². The zero-order chi connectivity index (χ0) is 14.0. The summed E-state index contributed by atoms with van der Waals surface area (Å²) < 4.78 is 0. The van der Waals surface area contributed by atoms with Gasteiger partial charge in [-0.25, -0.2) is 0 Å². The minimum atomic E-state index is -0.240. The summed E-state index contributed by atoms with van der Waals surface area (Å²) in [4.78, 5) is 23.2. The second-order valence-electron chi connectivity index (χ2n) is 5.06. The Hall–Kier alpha value is -1.88. The molecule has 0 aliphatic carbocycles. The molecule has 4 N–H and O–H groups in total. The Labute approximate surface area is 112 Å². The van der Waals surface area contributed by atoms with E-state index in [1.807, 2.05) is 19.1 Å². The molecule has 1 heterocycles.